The zero-order chi connectivity index (χ0) is 13.0. The van der Waals surface area contributed by atoms with Crippen molar-refractivity contribution in [2.75, 3.05) is 18.5 Å². The van der Waals surface area contributed by atoms with Crippen molar-refractivity contribution in [1.29, 1.82) is 0 Å². The average Bonchev–Trinajstić information content (AvgIpc) is 2.40. The summed E-state index contributed by atoms with van der Waals surface area (Å²) in [6, 6.07) is 7.75. The van der Waals surface area contributed by atoms with Gasteiger partial charge >= 0.3 is 0 Å². The number of carbonyl (C=O) groups is 1. The summed E-state index contributed by atoms with van der Waals surface area (Å²) in [5, 5.41) is 2.85. The molecular weight excluding hydrogens is 230 g/mol. The van der Waals surface area contributed by atoms with Crippen LogP contribution in [0.25, 0.3) is 0 Å². The van der Waals surface area contributed by atoms with Crippen LogP contribution in [0.5, 0.6) is 0 Å². The van der Waals surface area contributed by atoms with Gasteiger partial charge in [-0.05, 0) is 17.5 Å². The second kappa shape index (κ2) is 5.58. The lowest BCUT2D eigenvalue weighted by molar-refractivity contribution is -0.117. The number of amides is 1. The van der Waals surface area contributed by atoms with E-state index >= 15 is 0 Å². The summed E-state index contributed by atoms with van der Waals surface area (Å²) >= 11 is 0. The van der Waals surface area contributed by atoms with E-state index in [0.717, 1.165) is 11.3 Å². The molecule has 4 nitrogen and oxygen atoms in total. The Bertz CT molecular complexity index is 466. The largest absolute Gasteiger partial charge is 0.494 e. The molecule has 0 unspecified atom stereocenters. The zero-order valence-electron chi connectivity index (χ0n) is 10.6. The van der Waals surface area contributed by atoms with Crippen LogP contribution in [0.2, 0.25) is 0 Å². The number of nitrogens with one attached hydrogen (secondary N) is 1. The van der Waals surface area contributed by atoms with Gasteiger partial charge in [0.1, 0.15) is 19.5 Å². The van der Waals surface area contributed by atoms with Crippen LogP contribution >= 0.6 is 0 Å². The van der Waals surface area contributed by atoms with Gasteiger partial charge in [-0.1, -0.05) is 32.0 Å². The molecule has 1 heterocycles. The highest BCUT2D eigenvalue weighted by Crippen LogP contribution is 2.24. The molecule has 0 radical (unpaired) electrons. The van der Waals surface area contributed by atoms with E-state index in [4.69, 9.17) is 9.47 Å². The predicted molar refractivity (Wildman–Crippen MR) is 69.1 cm³/mol. The third kappa shape index (κ3) is 2.83. The summed E-state index contributed by atoms with van der Waals surface area (Å²) < 4.78 is 10.3. The van der Waals surface area contributed by atoms with E-state index in [1.807, 2.05) is 24.3 Å². The lowest BCUT2D eigenvalue weighted by atomic mass is 10.0. The maximum absolute atomic E-state index is 12.0. The molecule has 1 aliphatic rings. The molecular formula is C14H17NO3. The van der Waals surface area contributed by atoms with Crippen LogP contribution in [0, 0.1) is 0 Å². The van der Waals surface area contributed by atoms with Gasteiger partial charge in [-0.25, -0.2) is 0 Å². The number of para-hydroxylation sites is 1. The van der Waals surface area contributed by atoms with Gasteiger partial charge in [-0.15, -0.1) is 0 Å². The number of ether oxygens (including phenoxy) is 2. The third-order valence-electron chi connectivity index (χ3n) is 2.70. The van der Waals surface area contributed by atoms with Gasteiger partial charge in [0.05, 0.1) is 0 Å². The Kier molecular flexibility index (Phi) is 3.87. The van der Waals surface area contributed by atoms with Crippen LogP contribution in [0.4, 0.5) is 5.69 Å². The molecule has 0 aliphatic carbocycles. The molecule has 0 atom stereocenters. The van der Waals surface area contributed by atoms with Gasteiger partial charge in [-0.2, -0.15) is 0 Å². The first-order valence-electron chi connectivity index (χ1n) is 6.03. The van der Waals surface area contributed by atoms with E-state index in [1.54, 1.807) is 0 Å². The summed E-state index contributed by atoms with van der Waals surface area (Å²) in [6.07, 6.45) is 1.36. The van der Waals surface area contributed by atoms with E-state index in [2.05, 4.69) is 19.2 Å². The number of hydrogen-bond donors (Lipinski definition) is 1. The van der Waals surface area contributed by atoms with Crippen molar-refractivity contribution in [3.05, 3.63) is 41.9 Å². The highest BCUT2D eigenvalue weighted by atomic mass is 16.6. The van der Waals surface area contributed by atoms with Gasteiger partial charge in [0.2, 0.25) is 5.76 Å². The van der Waals surface area contributed by atoms with Crippen LogP contribution in [0.1, 0.15) is 25.3 Å². The number of anilines is 1. The molecule has 18 heavy (non-hydrogen) atoms. The molecule has 0 aromatic heterocycles. The van der Waals surface area contributed by atoms with Crippen LogP contribution in [0.3, 0.4) is 0 Å². The highest BCUT2D eigenvalue weighted by molar-refractivity contribution is 6.02. The summed E-state index contributed by atoms with van der Waals surface area (Å²) in [5.41, 5.74) is 1.91. The number of benzene rings is 1. The maximum Gasteiger partial charge on any atom is 0.294 e. The Morgan fingerprint density at radius 2 is 2.06 bits per heavy atom. The fraction of sp³-hybridized carbons (Fsp3) is 0.357. The molecule has 0 bridgehead atoms. The topological polar surface area (TPSA) is 47.6 Å². The zero-order valence-corrected chi connectivity index (χ0v) is 10.6. The van der Waals surface area contributed by atoms with Crippen molar-refractivity contribution in [3.63, 3.8) is 0 Å². The van der Waals surface area contributed by atoms with E-state index < -0.39 is 0 Å². The van der Waals surface area contributed by atoms with E-state index in [9.17, 15) is 4.79 Å². The maximum atomic E-state index is 12.0. The molecule has 1 aliphatic heterocycles. The van der Waals surface area contributed by atoms with Gasteiger partial charge < -0.3 is 14.8 Å². The van der Waals surface area contributed by atoms with Crippen LogP contribution in [0.15, 0.2) is 36.3 Å². The molecule has 1 aromatic rings. The Labute approximate surface area is 107 Å². The SMILES string of the molecule is CC(C)c1ccccc1NC(=O)C1=COCCO1. The van der Waals surface area contributed by atoms with E-state index in [0.29, 0.717) is 19.1 Å². The Morgan fingerprint density at radius 3 is 2.72 bits per heavy atom. The molecule has 96 valence electrons. The van der Waals surface area contributed by atoms with Crippen molar-refractivity contribution < 1.29 is 14.3 Å². The minimum atomic E-state index is -0.275. The van der Waals surface area contributed by atoms with Crippen LogP contribution < -0.4 is 5.32 Å². The minimum Gasteiger partial charge on any atom is -0.494 e. The number of carbonyl (C=O) groups excluding carboxylic acids is 1. The van der Waals surface area contributed by atoms with Gasteiger partial charge in [-0.3, -0.25) is 4.79 Å². The second-order valence-electron chi connectivity index (χ2n) is 4.40. The molecule has 0 spiro atoms. The lowest BCUT2D eigenvalue weighted by Gasteiger charge is -2.17. The first-order chi connectivity index (χ1) is 8.68. The lowest BCUT2D eigenvalue weighted by Crippen LogP contribution is -2.21. The molecule has 1 amide bonds. The van der Waals surface area contributed by atoms with Crippen molar-refractivity contribution in [1.82, 2.24) is 0 Å². The Hall–Kier alpha value is -1.97. The standard InChI is InChI=1S/C14H17NO3/c1-10(2)11-5-3-4-6-12(11)15-14(16)13-9-17-7-8-18-13/h3-6,9-10H,7-8H2,1-2H3,(H,15,16). The number of hydrogen-bond acceptors (Lipinski definition) is 3. The molecule has 0 fully saturated rings. The molecule has 0 saturated heterocycles. The van der Waals surface area contributed by atoms with Gasteiger partial charge in [0, 0.05) is 5.69 Å². The first kappa shape index (κ1) is 12.5. The second-order valence-corrected chi connectivity index (χ2v) is 4.40. The Balaban J connectivity index is 2.14. The van der Waals surface area contributed by atoms with Crippen molar-refractivity contribution in [2.24, 2.45) is 0 Å². The Morgan fingerprint density at radius 1 is 1.28 bits per heavy atom. The normalized spacial score (nSPS) is 14.5. The predicted octanol–water partition coefficient (Wildman–Crippen LogP) is 2.64. The quantitative estimate of drug-likeness (QED) is 0.893. The van der Waals surface area contributed by atoms with E-state index in [1.165, 1.54) is 6.26 Å². The molecule has 0 saturated carbocycles. The van der Waals surface area contributed by atoms with Crippen molar-refractivity contribution >= 4 is 11.6 Å². The monoisotopic (exact) mass is 247 g/mol. The molecule has 1 N–H and O–H groups in total. The first-order valence-corrected chi connectivity index (χ1v) is 6.03. The van der Waals surface area contributed by atoms with Gasteiger partial charge in [0.15, 0.2) is 0 Å². The van der Waals surface area contributed by atoms with E-state index in [-0.39, 0.29) is 11.7 Å². The van der Waals surface area contributed by atoms with Crippen LogP contribution in [-0.2, 0) is 14.3 Å². The number of rotatable bonds is 3. The summed E-state index contributed by atoms with van der Waals surface area (Å²) in [5.74, 6) is 0.293. The average molecular weight is 247 g/mol. The molecule has 2 rings (SSSR count). The van der Waals surface area contributed by atoms with Crippen molar-refractivity contribution in [2.45, 2.75) is 19.8 Å². The molecule has 4 heteroatoms. The smallest absolute Gasteiger partial charge is 0.294 e. The summed E-state index contributed by atoms with van der Waals surface area (Å²) in [4.78, 5) is 12.0. The van der Waals surface area contributed by atoms with Crippen molar-refractivity contribution in [3.8, 4) is 0 Å². The minimum absolute atomic E-state index is 0.222. The molecule has 1 aromatic carbocycles. The highest BCUT2D eigenvalue weighted by Gasteiger charge is 2.16. The summed E-state index contributed by atoms with van der Waals surface area (Å²) in [6.45, 7) is 5.07. The van der Waals surface area contributed by atoms with Gasteiger partial charge in [0.25, 0.3) is 5.91 Å². The third-order valence-corrected chi connectivity index (χ3v) is 2.70. The van der Waals surface area contributed by atoms with Crippen LogP contribution in [-0.4, -0.2) is 19.1 Å². The fourth-order valence-electron chi connectivity index (χ4n) is 1.79. The summed E-state index contributed by atoms with van der Waals surface area (Å²) in [7, 11) is 0. The fourth-order valence-corrected chi connectivity index (χ4v) is 1.79.